The first-order valence-electron chi connectivity index (χ1n) is 5.73. The molecule has 0 N–H and O–H groups in total. The Hall–Kier alpha value is -0.340. The Balaban J connectivity index is 1.93. The van der Waals surface area contributed by atoms with E-state index in [4.69, 9.17) is 16.3 Å². The highest BCUT2D eigenvalue weighted by Gasteiger charge is 2.33. The van der Waals surface area contributed by atoms with Crippen LogP contribution in [0.5, 0.6) is 5.75 Å². The zero-order valence-electron chi connectivity index (χ0n) is 9.29. The van der Waals surface area contributed by atoms with Crippen LogP contribution in [0.25, 0.3) is 0 Å². The van der Waals surface area contributed by atoms with Gasteiger partial charge < -0.3 is 4.74 Å². The molecule has 1 fully saturated rings. The molecular weight excluding hydrogens is 240 g/mol. The highest BCUT2D eigenvalue weighted by atomic mass is 35.5. The minimum absolute atomic E-state index is 0.294. The topological polar surface area (TPSA) is 9.23 Å². The largest absolute Gasteiger partial charge is 0.493 e. The third-order valence-electron chi connectivity index (χ3n) is 3.36. The Morgan fingerprint density at radius 2 is 1.81 bits per heavy atom. The summed E-state index contributed by atoms with van der Waals surface area (Å²) in [5.41, 5.74) is 0.294. The summed E-state index contributed by atoms with van der Waals surface area (Å²) in [6, 6.07) is 7.56. The van der Waals surface area contributed by atoms with E-state index in [0.717, 1.165) is 23.1 Å². The van der Waals surface area contributed by atoms with Gasteiger partial charge in [-0.2, -0.15) is 12.6 Å². The normalized spacial score (nSPS) is 18.6. The second-order valence-electron chi connectivity index (χ2n) is 4.61. The number of ether oxygens (including phenoxy) is 1. The molecule has 0 aliphatic heterocycles. The molecule has 0 spiro atoms. The third kappa shape index (κ3) is 2.86. The summed E-state index contributed by atoms with van der Waals surface area (Å²) in [5, 5.41) is 0.747. The van der Waals surface area contributed by atoms with Crippen LogP contribution in [0, 0.1) is 5.41 Å². The third-order valence-corrected chi connectivity index (χ3v) is 4.28. The summed E-state index contributed by atoms with van der Waals surface area (Å²) in [5.74, 6) is 1.82. The molecule has 1 nitrogen and oxygen atoms in total. The quantitative estimate of drug-likeness (QED) is 0.794. The molecule has 0 heterocycles. The maximum atomic E-state index is 5.83. The van der Waals surface area contributed by atoms with E-state index in [9.17, 15) is 0 Å². The second kappa shape index (κ2) is 5.33. The Bertz CT molecular complexity index is 330. The summed E-state index contributed by atoms with van der Waals surface area (Å²) < 4.78 is 5.83. The molecule has 1 aromatic carbocycles. The van der Waals surface area contributed by atoms with E-state index < -0.39 is 0 Å². The van der Waals surface area contributed by atoms with E-state index in [1.807, 2.05) is 24.3 Å². The summed E-state index contributed by atoms with van der Waals surface area (Å²) >= 11 is 10.3. The molecule has 1 saturated carbocycles. The molecule has 0 radical (unpaired) electrons. The molecule has 0 bridgehead atoms. The van der Waals surface area contributed by atoms with Crippen molar-refractivity contribution in [1.82, 2.24) is 0 Å². The number of hydrogen-bond donors (Lipinski definition) is 1. The van der Waals surface area contributed by atoms with E-state index in [-0.39, 0.29) is 0 Å². The summed E-state index contributed by atoms with van der Waals surface area (Å²) in [4.78, 5) is 0. The molecule has 0 atom stereocenters. The van der Waals surface area contributed by atoms with Crippen LogP contribution in [-0.4, -0.2) is 12.4 Å². The standard InChI is InChI=1S/C13H17ClOS/c14-11-3-5-12(6-4-11)15-9-13(10-16)7-1-2-8-13/h3-6,16H,1-2,7-10H2. The number of halogens is 1. The Labute approximate surface area is 108 Å². The predicted molar refractivity (Wildman–Crippen MR) is 71.7 cm³/mol. The van der Waals surface area contributed by atoms with Gasteiger partial charge in [-0.3, -0.25) is 0 Å². The van der Waals surface area contributed by atoms with Crippen LogP contribution < -0.4 is 4.74 Å². The molecule has 1 aromatic rings. The maximum absolute atomic E-state index is 5.83. The van der Waals surface area contributed by atoms with Gasteiger partial charge in [-0.05, 0) is 42.9 Å². The molecule has 88 valence electrons. The maximum Gasteiger partial charge on any atom is 0.119 e. The molecule has 2 rings (SSSR count). The van der Waals surface area contributed by atoms with Crippen LogP contribution in [0.4, 0.5) is 0 Å². The first-order chi connectivity index (χ1) is 7.74. The molecule has 1 aliphatic carbocycles. The lowest BCUT2D eigenvalue weighted by molar-refractivity contribution is 0.173. The highest BCUT2D eigenvalue weighted by molar-refractivity contribution is 7.80. The monoisotopic (exact) mass is 256 g/mol. The van der Waals surface area contributed by atoms with E-state index in [2.05, 4.69) is 12.6 Å². The van der Waals surface area contributed by atoms with Crippen LogP contribution in [0.1, 0.15) is 25.7 Å². The average molecular weight is 257 g/mol. The van der Waals surface area contributed by atoms with E-state index in [1.54, 1.807) is 0 Å². The van der Waals surface area contributed by atoms with Gasteiger partial charge in [-0.1, -0.05) is 24.4 Å². The van der Waals surface area contributed by atoms with E-state index in [1.165, 1.54) is 25.7 Å². The van der Waals surface area contributed by atoms with Gasteiger partial charge in [0.2, 0.25) is 0 Å². The fraction of sp³-hybridized carbons (Fsp3) is 0.538. The lowest BCUT2D eigenvalue weighted by Crippen LogP contribution is -2.27. The molecule has 0 amide bonds. The van der Waals surface area contributed by atoms with Gasteiger partial charge in [0.05, 0.1) is 6.61 Å². The molecule has 16 heavy (non-hydrogen) atoms. The van der Waals surface area contributed by atoms with Crippen molar-refractivity contribution in [3.05, 3.63) is 29.3 Å². The minimum Gasteiger partial charge on any atom is -0.493 e. The van der Waals surface area contributed by atoms with Crippen molar-refractivity contribution in [3.8, 4) is 5.75 Å². The van der Waals surface area contributed by atoms with Crippen LogP contribution >= 0.6 is 24.2 Å². The lowest BCUT2D eigenvalue weighted by Gasteiger charge is -2.26. The van der Waals surface area contributed by atoms with Crippen molar-refractivity contribution in [3.63, 3.8) is 0 Å². The van der Waals surface area contributed by atoms with Crippen molar-refractivity contribution in [2.45, 2.75) is 25.7 Å². The molecule has 0 unspecified atom stereocenters. The van der Waals surface area contributed by atoms with Crippen molar-refractivity contribution in [2.24, 2.45) is 5.41 Å². The Kier molecular flexibility index (Phi) is 4.04. The average Bonchev–Trinajstić information content (AvgIpc) is 2.78. The summed E-state index contributed by atoms with van der Waals surface area (Å²) in [7, 11) is 0. The lowest BCUT2D eigenvalue weighted by atomic mass is 9.90. The Morgan fingerprint density at radius 3 is 2.38 bits per heavy atom. The van der Waals surface area contributed by atoms with Crippen LogP contribution in [0.2, 0.25) is 5.02 Å². The fourth-order valence-electron chi connectivity index (χ4n) is 2.24. The highest BCUT2D eigenvalue weighted by Crippen LogP contribution is 2.39. The number of hydrogen-bond acceptors (Lipinski definition) is 2. The van der Waals surface area contributed by atoms with Crippen molar-refractivity contribution in [2.75, 3.05) is 12.4 Å². The SMILES string of the molecule is SCC1(COc2ccc(Cl)cc2)CCCC1. The van der Waals surface area contributed by atoms with Crippen LogP contribution in [-0.2, 0) is 0 Å². The van der Waals surface area contributed by atoms with Crippen LogP contribution in [0.3, 0.4) is 0 Å². The molecular formula is C13H17ClOS. The van der Waals surface area contributed by atoms with Gasteiger partial charge in [-0.15, -0.1) is 0 Å². The van der Waals surface area contributed by atoms with Crippen molar-refractivity contribution >= 4 is 24.2 Å². The van der Waals surface area contributed by atoms with E-state index >= 15 is 0 Å². The first kappa shape index (κ1) is 12.1. The number of thiol groups is 1. The zero-order chi connectivity index (χ0) is 11.4. The van der Waals surface area contributed by atoms with Gasteiger partial charge in [-0.25, -0.2) is 0 Å². The van der Waals surface area contributed by atoms with Crippen molar-refractivity contribution in [1.29, 1.82) is 0 Å². The fourth-order valence-corrected chi connectivity index (χ4v) is 2.77. The zero-order valence-corrected chi connectivity index (χ0v) is 10.9. The van der Waals surface area contributed by atoms with Gasteiger partial charge in [0.25, 0.3) is 0 Å². The Morgan fingerprint density at radius 1 is 1.19 bits per heavy atom. The first-order valence-corrected chi connectivity index (χ1v) is 6.74. The summed E-state index contributed by atoms with van der Waals surface area (Å²) in [6.07, 6.45) is 5.10. The van der Waals surface area contributed by atoms with Gasteiger partial charge >= 0.3 is 0 Å². The summed E-state index contributed by atoms with van der Waals surface area (Å²) in [6.45, 7) is 0.776. The number of benzene rings is 1. The smallest absolute Gasteiger partial charge is 0.119 e. The molecule has 3 heteroatoms. The van der Waals surface area contributed by atoms with Crippen LogP contribution in [0.15, 0.2) is 24.3 Å². The molecule has 0 saturated heterocycles. The molecule has 0 aromatic heterocycles. The number of rotatable bonds is 4. The minimum atomic E-state index is 0.294. The van der Waals surface area contributed by atoms with Gasteiger partial charge in [0.1, 0.15) is 5.75 Å². The second-order valence-corrected chi connectivity index (χ2v) is 5.36. The predicted octanol–water partition coefficient (Wildman–Crippen LogP) is 4.21. The molecule has 1 aliphatic rings. The van der Waals surface area contributed by atoms with E-state index in [0.29, 0.717) is 5.41 Å². The van der Waals surface area contributed by atoms with Gasteiger partial charge in [0.15, 0.2) is 0 Å². The van der Waals surface area contributed by atoms with Crippen molar-refractivity contribution < 1.29 is 4.74 Å². The van der Waals surface area contributed by atoms with Gasteiger partial charge in [0, 0.05) is 10.4 Å².